The summed E-state index contributed by atoms with van der Waals surface area (Å²) in [6.07, 6.45) is 0.656. The lowest BCUT2D eigenvalue weighted by atomic mass is 9.96. The van der Waals surface area contributed by atoms with E-state index in [-0.39, 0.29) is 12.1 Å². The largest absolute Gasteiger partial charge is 0.393 e. The Balaban J connectivity index is 2.13. The van der Waals surface area contributed by atoms with Crippen LogP contribution < -0.4 is 10.2 Å². The van der Waals surface area contributed by atoms with Gasteiger partial charge >= 0.3 is 0 Å². The van der Waals surface area contributed by atoms with Gasteiger partial charge in [-0.2, -0.15) is 0 Å². The van der Waals surface area contributed by atoms with Gasteiger partial charge in [-0.3, -0.25) is 0 Å². The van der Waals surface area contributed by atoms with Crippen molar-refractivity contribution in [1.82, 2.24) is 5.32 Å². The van der Waals surface area contributed by atoms with E-state index in [9.17, 15) is 5.11 Å². The van der Waals surface area contributed by atoms with Crippen LogP contribution in [0.4, 0.5) is 5.69 Å². The molecule has 2 N–H and O–H groups in total. The first-order valence-corrected chi connectivity index (χ1v) is 7.86. The maximum absolute atomic E-state index is 9.81. The molecule has 20 heavy (non-hydrogen) atoms. The number of aliphatic hydroxyl groups is 1. The number of benzene rings is 1. The number of nitrogens with zero attached hydrogens (tertiary/aromatic N) is 1. The van der Waals surface area contributed by atoms with Gasteiger partial charge in [-0.05, 0) is 43.5 Å². The van der Waals surface area contributed by atoms with Gasteiger partial charge in [0.15, 0.2) is 0 Å². The van der Waals surface area contributed by atoms with Crippen LogP contribution in [0.25, 0.3) is 0 Å². The topological polar surface area (TPSA) is 35.5 Å². The fourth-order valence-electron chi connectivity index (χ4n) is 2.85. The van der Waals surface area contributed by atoms with Gasteiger partial charge in [-0.15, -0.1) is 0 Å². The predicted molar refractivity (Wildman–Crippen MR) is 85.5 cm³/mol. The lowest BCUT2D eigenvalue weighted by Crippen LogP contribution is -2.41. The van der Waals surface area contributed by atoms with Gasteiger partial charge in [-0.25, -0.2) is 0 Å². The van der Waals surface area contributed by atoms with Crippen LogP contribution in [0.2, 0.25) is 5.02 Å². The fourth-order valence-corrected chi connectivity index (χ4v) is 3.19. The number of hydrogen-bond donors (Lipinski definition) is 2. The molecule has 0 amide bonds. The second kappa shape index (κ2) is 6.79. The van der Waals surface area contributed by atoms with E-state index in [0.29, 0.717) is 5.92 Å². The summed E-state index contributed by atoms with van der Waals surface area (Å²) in [5.41, 5.74) is 2.29. The Bertz CT molecular complexity index is 452. The first kappa shape index (κ1) is 15.6. The molecule has 1 aliphatic heterocycles. The van der Waals surface area contributed by atoms with Crippen molar-refractivity contribution in [1.29, 1.82) is 0 Å². The molecule has 1 saturated heterocycles. The van der Waals surface area contributed by atoms with Crippen molar-refractivity contribution in [2.75, 3.05) is 24.5 Å². The summed E-state index contributed by atoms with van der Waals surface area (Å²) in [7, 11) is 0. The van der Waals surface area contributed by atoms with E-state index in [0.717, 1.165) is 42.3 Å². The molecule has 0 radical (unpaired) electrons. The summed E-state index contributed by atoms with van der Waals surface area (Å²) in [4.78, 5) is 2.31. The monoisotopic (exact) mass is 296 g/mol. The second-order valence-corrected chi connectivity index (χ2v) is 6.17. The third kappa shape index (κ3) is 3.46. The van der Waals surface area contributed by atoms with Gasteiger partial charge in [0.05, 0.1) is 6.10 Å². The minimum absolute atomic E-state index is 0.172. The Labute approximate surface area is 126 Å². The molecule has 1 aromatic carbocycles. The smallest absolute Gasteiger partial charge is 0.0599 e. The van der Waals surface area contributed by atoms with Crippen molar-refractivity contribution >= 4 is 17.3 Å². The van der Waals surface area contributed by atoms with Gasteiger partial charge in [0.25, 0.3) is 0 Å². The van der Waals surface area contributed by atoms with Crippen LogP contribution in [0.5, 0.6) is 0 Å². The summed E-state index contributed by atoms with van der Waals surface area (Å²) in [5.74, 6) is 0.308. The highest BCUT2D eigenvalue weighted by molar-refractivity contribution is 6.31. The van der Waals surface area contributed by atoms with Crippen molar-refractivity contribution in [2.24, 2.45) is 5.92 Å². The van der Waals surface area contributed by atoms with Crippen molar-refractivity contribution in [2.45, 2.75) is 39.3 Å². The molecule has 0 saturated carbocycles. The van der Waals surface area contributed by atoms with Gasteiger partial charge in [0.2, 0.25) is 0 Å². The van der Waals surface area contributed by atoms with Gasteiger partial charge in [0.1, 0.15) is 0 Å². The highest BCUT2D eigenvalue weighted by Gasteiger charge is 2.24. The van der Waals surface area contributed by atoms with Gasteiger partial charge < -0.3 is 15.3 Å². The molecular weight excluding hydrogens is 272 g/mol. The van der Waals surface area contributed by atoms with E-state index in [1.54, 1.807) is 0 Å². The number of nitrogens with one attached hydrogen (secondary N) is 1. The van der Waals surface area contributed by atoms with Gasteiger partial charge in [-0.1, -0.05) is 31.5 Å². The first-order chi connectivity index (χ1) is 9.52. The number of anilines is 1. The van der Waals surface area contributed by atoms with E-state index in [4.69, 9.17) is 11.6 Å². The molecule has 3 unspecified atom stereocenters. The molecule has 1 aliphatic rings. The summed E-state index contributed by atoms with van der Waals surface area (Å²) in [6.45, 7) is 9.04. The molecular formula is C16H25ClN2O. The minimum Gasteiger partial charge on any atom is -0.393 e. The van der Waals surface area contributed by atoms with Crippen LogP contribution in [-0.4, -0.2) is 30.8 Å². The summed E-state index contributed by atoms with van der Waals surface area (Å²) in [5, 5.41) is 14.0. The summed E-state index contributed by atoms with van der Waals surface area (Å²) in [6, 6.07) is 6.57. The van der Waals surface area contributed by atoms with E-state index in [2.05, 4.69) is 49.2 Å². The molecule has 112 valence electrons. The normalized spacial score (nSPS) is 24.8. The van der Waals surface area contributed by atoms with Crippen LogP contribution in [0.15, 0.2) is 18.2 Å². The highest BCUT2D eigenvalue weighted by atomic mass is 35.5. The molecule has 1 fully saturated rings. The molecule has 0 bridgehead atoms. The molecule has 3 nitrogen and oxygen atoms in total. The minimum atomic E-state index is -0.172. The Morgan fingerprint density at radius 1 is 1.50 bits per heavy atom. The van der Waals surface area contributed by atoms with Crippen LogP contribution in [-0.2, 0) is 0 Å². The van der Waals surface area contributed by atoms with Crippen molar-refractivity contribution in [3.05, 3.63) is 28.8 Å². The Hall–Kier alpha value is -0.770. The third-order valence-corrected chi connectivity index (χ3v) is 4.51. The molecule has 1 heterocycles. The zero-order valence-electron chi connectivity index (χ0n) is 12.6. The van der Waals surface area contributed by atoms with E-state index in [1.807, 2.05) is 0 Å². The van der Waals surface area contributed by atoms with Crippen molar-refractivity contribution in [3.63, 3.8) is 0 Å². The van der Waals surface area contributed by atoms with E-state index in [1.165, 1.54) is 0 Å². The highest BCUT2D eigenvalue weighted by Crippen LogP contribution is 2.30. The van der Waals surface area contributed by atoms with Gasteiger partial charge in [0, 0.05) is 29.8 Å². The zero-order chi connectivity index (χ0) is 14.7. The molecule has 4 heteroatoms. The molecule has 3 atom stereocenters. The maximum Gasteiger partial charge on any atom is 0.0599 e. The SMILES string of the molecule is CCNC(C)c1ccc(N2CCC(O)C(C)C2)cc1Cl. The quantitative estimate of drug-likeness (QED) is 0.895. The van der Waals surface area contributed by atoms with E-state index < -0.39 is 0 Å². The zero-order valence-corrected chi connectivity index (χ0v) is 13.3. The van der Waals surface area contributed by atoms with Crippen LogP contribution in [0.3, 0.4) is 0 Å². The second-order valence-electron chi connectivity index (χ2n) is 5.76. The average molecular weight is 297 g/mol. The fraction of sp³-hybridized carbons (Fsp3) is 0.625. The first-order valence-electron chi connectivity index (χ1n) is 7.48. The lowest BCUT2D eigenvalue weighted by molar-refractivity contribution is 0.0971. The average Bonchev–Trinajstić information content (AvgIpc) is 2.42. The van der Waals surface area contributed by atoms with Crippen LogP contribution >= 0.6 is 11.6 Å². The third-order valence-electron chi connectivity index (χ3n) is 4.19. The van der Waals surface area contributed by atoms with Crippen molar-refractivity contribution in [3.8, 4) is 0 Å². The van der Waals surface area contributed by atoms with Crippen LogP contribution in [0, 0.1) is 5.92 Å². The Kier molecular flexibility index (Phi) is 5.30. The standard InChI is InChI=1S/C16H25ClN2O/c1-4-18-12(3)14-6-5-13(9-15(14)17)19-8-7-16(20)11(2)10-19/h5-6,9,11-12,16,18,20H,4,7-8,10H2,1-3H3. The maximum atomic E-state index is 9.81. The molecule has 0 spiro atoms. The Morgan fingerprint density at radius 3 is 2.85 bits per heavy atom. The number of rotatable bonds is 4. The van der Waals surface area contributed by atoms with E-state index >= 15 is 0 Å². The predicted octanol–water partition coefficient (Wildman–Crippen LogP) is 3.22. The number of aliphatic hydroxyl groups excluding tert-OH is 1. The number of piperidine rings is 1. The molecule has 0 aromatic heterocycles. The molecule has 1 aromatic rings. The summed E-state index contributed by atoms with van der Waals surface area (Å²) < 4.78 is 0. The Morgan fingerprint density at radius 2 is 2.25 bits per heavy atom. The lowest BCUT2D eigenvalue weighted by Gasteiger charge is -2.36. The molecule has 0 aliphatic carbocycles. The van der Waals surface area contributed by atoms with Crippen molar-refractivity contribution < 1.29 is 5.11 Å². The molecule has 2 rings (SSSR count). The number of hydrogen-bond acceptors (Lipinski definition) is 3. The van der Waals surface area contributed by atoms with Crippen LogP contribution in [0.1, 0.15) is 38.8 Å². The number of halogens is 1. The summed E-state index contributed by atoms with van der Waals surface area (Å²) >= 11 is 6.43.